The maximum atomic E-state index is 12.4. The van der Waals surface area contributed by atoms with Gasteiger partial charge < -0.3 is 15.0 Å². The van der Waals surface area contributed by atoms with Crippen molar-refractivity contribution in [1.82, 2.24) is 30.0 Å². The van der Waals surface area contributed by atoms with E-state index in [-0.39, 0.29) is 18.2 Å². The van der Waals surface area contributed by atoms with E-state index in [9.17, 15) is 4.79 Å². The number of thioether (sulfide) groups is 1. The number of carbonyl (C=O) groups excluding carboxylic acids is 1. The molecule has 42 heavy (non-hydrogen) atoms. The van der Waals surface area contributed by atoms with Crippen molar-refractivity contribution in [3.63, 3.8) is 0 Å². The van der Waals surface area contributed by atoms with Crippen molar-refractivity contribution in [2.75, 3.05) is 36.5 Å². The minimum absolute atomic E-state index is 0.0249. The Morgan fingerprint density at radius 3 is 2.88 bits per heavy atom. The van der Waals surface area contributed by atoms with E-state index >= 15 is 0 Å². The number of ether oxygens (including phenoxy) is 1. The minimum atomic E-state index is -0.209. The summed E-state index contributed by atoms with van der Waals surface area (Å²) in [4.78, 5) is 24.2. The van der Waals surface area contributed by atoms with Crippen molar-refractivity contribution in [3.8, 4) is 11.8 Å². The number of rotatable bonds is 5. The maximum Gasteiger partial charge on any atom is 0.410 e. The molecule has 2 N–H and O–H groups in total. The number of anilines is 2. The van der Waals surface area contributed by atoms with Crippen LogP contribution in [0.4, 0.5) is 16.3 Å². The molecule has 3 aromatic heterocycles. The van der Waals surface area contributed by atoms with Gasteiger partial charge in [0.05, 0.1) is 39.4 Å². The fourth-order valence-electron chi connectivity index (χ4n) is 5.21. The van der Waals surface area contributed by atoms with E-state index in [1.807, 2.05) is 53.0 Å². The molecule has 11 heteroatoms. The van der Waals surface area contributed by atoms with Crippen molar-refractivity contribution in [2.45, 2.75) is 25.1 Å². The van der Waals surface area contributed by atoms with Crippen LogP contribution < -0.4 is 10.6 Å². The molecule has 0 saturated carbocycles. The summed E-state index contributed by atoms with van der Waals surface area (Å²) >= 11 is 3.44. The highest BCUT2D eigenvalue weighted by atomic mass is 32.2. The third kappa shape index (κ3) is 5.92. The second kappa shape index (κ2) is 12.0. The number of thiophene rings is 1. The number of hydrogen-bond acceptors (Lipinski definition) is 9. The normalized spacial score (nSPS) is 18.6. The predicted molar refractivity (Wildman–Crippen MR) is 168 cm³/mol. The monoisotopic (exact) mass is 595 g/mol. The van der Waals surface area contributed by atoms with Gasteiger partial charge in [-0.05, 0) is 29.8 Å². The molecule has 9 nitrogen and oxygen atoms in total. The van der Waals surface area contributed by atoms with Crippen molar-refractivity contribution in [3.05, 3.63) is 77.6 Å². The van der Waals surface area contributed by atoms with E-state index in [2.05, 4.69) is 61.8 Å². The number of carbonyl (C=O) groups is 1. The van der Waals surface area contributed by atoms with Crippen LogP contribution in [0.5, 0.6) is 0 Å². The fraction of sp³-hybridized carbons (Fsp3) is 0.290. The average Bonchev–Trinajstić information content (AvgIpc) is 3.76. The largest absolute Gasteiger partial charge is 0.445 e. The van der Waals surface area contributed by atoms with E-state index < -0.39 is 0 Å². The van der Waals surface area contributed by atoms with Crippen LogP contribution in [-0.4, -0.2) is 74.0 Å². The van der Waals surface area contributed by atoms with Gasteiger partial charge in [0.1, 0.15) is 12.4 Å². The first kappa shape index (κ1) is 26.8. The van der Waals surface area contributed by atoms with Crippen LogP contribution in [0.15, 0.2) is 67.1 Å². The van der Waals surface area contributed by atoms with E-state index in [0.29, 0.717) is 13.0 Å². The zero-order valence-electron chi connectivity index (χ0n) is 22.8. The van der Waals surface area contributed by atoms with Gasteiger partial charge in [-0.2, -0.15) is 16.9 Å². The minimum Gasteiger partial charge on any atom is -0.445 e. The summed E-state index contributed by atoms with van der Waals surface area (Å²) in [7, 11) is 0. The van der Waals surface area contributed by atoms with Crippen molar-refractivity contribution in [2.24, 2.45) is 0 Å². The van der Waals surface area contributed by atoms with Gasteiger partial charge in [-0.3, -0.25) is 10.00 Å². The highest BCUT2D eigenvalue weighted by molar-refractivity contribution is 7.99. The number of nitrogens with one attached hydrogen (secondary N) is 2. The quantitative estimate of drug-likeness (QED) is 0.271. The van der Waals surface area contributed by atoms with Crippen LogP contribution in [0, 0.1) is 11.8 Å². The Bertz CT molecular complexity index is 1790. The standard InChI is InChI=1S/C31H29N7O2S2/c39-31(37-10-12-41-13-11-37)40-25-15-23(32-18-25)6-8-26-16-27-29(42-26)30(34-20-33-27)36-24-7-9-28-22(14-24)17-35-38(28)19-21-4-2-1-3-5-21/h1-5,7,9,14,16-17,20,23,25,32H,10-13,15,18-19H2,(H,33,34,36). The molecule has 0 radical (unpaired) electrons. The molecule has 2 aliphatic heterocycles. The topological polar surface area (TPSA) is 97.2 Å². The fourth-order valence-corrected chi connectivity index (χ4v) is 7.03. The molecule has 0 aliphatic carbocycles. The molecule has 5 heterocycles. The van der Waals surface area contributed by atoms with Gasteiger partial charge in [-0.15, -0.1) is 11.3 Å². The van der Waals surface area contributed by atoms with Gasteiger partial charge in [0.2, 0.25) is 0 Å². The molecule has 2 atom stereocenters. The Hall–Kier alpha value is -4.11. The highest BCUT2D eigenvalue weighted by Gasteiger charge is 2.28. The smallest absolute Gasteiger partial charge is 0.410 e. The van der Waals surface area contributed by atoms with Gasteiger partial charge >= 0.3 is 6.09 Å². The Morgan fingerprint density at radius 1 is 1.12 bits per heavy atom. The summed E-state index contributed by atoms with van der Waals surface area (Å²) in [6.07, 6.45) is 3.79. The van der Waals surface area contributed by atoms with Crippen LogP contribution in [0.3, 0.4) is 0 Å². The van der Waals surface area contributed by atoms with Gasteiger partial charge in [0.15, 0.2) is 5.82 Å². The lowest BCUT2D eigenvalue weighted by molar-refractivity contribution is 0.0727. The lowest BCUT2D eigenvalue weighted by atomic mass is 10.2. The summed E-state index contributed by atoms with van der Waals surface area (Å²) in [5.74, 6) is 9.30. The number of hydrogen-bond donors (Lipinski definition) is 2. The maximum absolute atomic E-state index is 12.4. The number of aromatic nitrogens is 4. The van der Waals surface area contributed by atoms with Crippen LogP contribution in [0.25, 0.3) is 21.1 Å². The Labute approximate surface area is 251 Å². The van der Waals surface area contributed by atoms with Crippen LogP contribution in [-0.2, 0) is 11.3 Å². The SMILES string of the molecule is O=C(OC1CNC(C#Cc2cc3ncnc(Nc4ccc5c(cnn5Cc5ccccc5)c4)c3s2)C1)N1CCSCC1. The average molecular weight is 596 g/mol. The summed E-state index contributed by atoms with van der Waals surface area (Å²) in [5, 5.41) is 12.5. The molecular weight excluding hydrogens is 567 g/mol. The first-order chi connectivity index (χ1) is 20.7. The summed E-state index contributed by atoms with van der Waals surface area (Å²) < 4.78 is 8.69. The molecule has 2 fully saturated rings. The third-order valence-electron chi connectivity index (χ3n) is 7.39. The second-order valence-corrected chi connectivity index (χ2v) is 12.6. The van der Waals surface area contributed by atoms with Crippen LogP contribution >= 0.6 is 23.1 Å². The molecule has 2 aliphatic rings. The second-order valence-electron chi connectivity index (χ2n) is 10.3. The first-order valence-electron chi connectivity index (χ1n) is 14.0. The van der Waals surface area contributed by atoms with Crippen LogP contribution in [0.1, 0.15) is 16.9 Å². The Morgan fingerprint density at radius 2 is 2.00 bits per heavy atom. The number of amides is 1. The zero-order valence-corrected chi connectivity index (χ0v) is 24.5. The van der Waals surface area contributed by atoms with E-state index in [1.165, 1.54) is 5.56 Å². The van der Waals surface area contributed by atoms with Crippen LogP contribution in [0.2, 0.25) is 0 Å². The molecule has 2 unspecified atom stereocenters. The number of fused-ring (bicyclic) bond motifs is 2. The lowest BCUT2D eigenvalue weighted by Gasteiger charge is -2.26. The van der Waals surface area contributed by atoms with Crippen molar-refractivity contribution < 1.29 is 9.53 Å². The molecular formula is C31H29N7O2S2. The molecule has 0 bridgehead atoms. The predicted octanol–water partition coefficient (Wildman–Crippen LogP) is 5.10. The molecule has 212 valence electrons. The third-order valence-corrected chi connectivity index (χ3v) is 9.38. The molecule has 2 saturated heterocycles. The number of nitrogens with zero attached hydrogens (tertiary/aromatic N) is 5. The Kier molecular flexibility index (Phi) is 7.66. The number of benzene rings is 2. The van der Waals surface area contributed by atoms with Gasteiger partial charge in [0, 0.05) is 48.6 Å². The molecule has 7 rings (SSSR count). The highest BCUT2D eigenvalue weighted by Crippen LogP contribution is 2.31. The van der Waals surface area contributed by atoms with E-state index in [1.54, 1.807) is 22.6 Å². The summed E-state index contributed by atoms with van der Waals surface area (Å²) in [5.41, 5.74) is 4.07. The molecule has 2 aromatic carbocycles. The van der Waals surface area contributed by atoms with E-state index in [0.717, 1.165) is 68.6 Å². The summed E-state index contributed by atoms with van der Waals surface area (Å²) in [6.45, 7) is 2.86. The Balaban J connectivity index is 1.02. The molecule has 0 spiro atoms. The lowest BCUT2D eigenvalue weighted by Crippen LogP contribution is -2.40. The zero-order chi connectivity index (χ0) is 28.3. The van der Waals surface area contributed by atoms with Crippen molar-refractivity contribution >= 4 is 61.8 Å². The van der Waals surface area contributed by atoms with Gasteiger partial charge in [-0.25, -0.2) is 14.8 Å². The molecule has 1 amide bonds. The first-order valence-corrected chi connectivity index (χ1v) is 15.9. The van der Waals surface area contributed by atoms with E-state index in [4.69, 9.17) is 4.74 Å². The van der Waals surface area contributed by atoms with Crippen molar-refractivity contribution in [1.29, 1.82) is 0 Å². The van der Waals surface area contributed by atoms with Gasteiger partial charge in [-0.1, -0.05) is 42.2 Å². The molecule has 5 aromatic rings. The summed E-state index contributed by atoms with van der Waals surface area (Å²) in [6, 6.07) is 18.5. The van der Waals surface area contributed by atoms with Gasteiger partial charge in [0.25, 0.3) is 0 Å².